The fraction of sp³-hybridized carbons (Fsp3) is 0.474. The Morgan fingerprint density at radius 2 is 1.28 bits per heavy atom. The number of hydrogen-bond acceptors (Lipinski definition) is 4. The van der Waals surface area contributed by atoms with E-state index in [2.05, 4.69) is 13.8 Å². The van der Waals surface area contributed by atoms with Gasteiger partial charge in [-0.2, -0.15) is 0 Å². The summed E-state index contributed by atoms with van der Waals surface area (Å²) < 4.78 is 9.99. The molecular weight excluding hydrogens is 320 g/mol. The standard InChI is InChI=1S/C19H26N2O4/c1-19(2,13-20(3)17(22)9-15-5-7-24-11-15)14-21(4)18(23)10-16-6-8-25-12-16/h5-8,11-12H,9-10,13-14H2,1-4H3. The molecule has 0 aromatic carbocycles. The van der Waals surface area contributed by atoms with Crippen molar-refractivity contribution >= 4 is 11.8 Å². The fourth-order valence-electron chi connectivity index (χ4n) is 2.92. The van der Waals surface area contributed by atoms with Crippen LogP contribution in [0, 0.1) is 5.41 Å². The Balaban J connectivity index is 1.84. The zero-order chi connectivity index (χ0) is 18.4. The van der Waals surface area contributed by atoms with Crippen LogP contribution in [0.3, 0.4) is 0 Å². The van der Waals surface area contributed by atoms with E-state index in [1.807, 2.05) is 0 Å². The van der Waals surface area contributed by atoms with Gasteiger partial charge in [-0.25, -0.2) is 0 Å². The minimum atomic E-state index is -0.221. The molecule has 0 aliphatic carbocycles. The van der Waals surface area contributed by atoms with Gasteiger partial charge in [0.2, 0.25) is 11.8 Å². The lowest BCUT2D eigenvalue weighted by molar-refractivity contribution is -0.132. The highest BCUT2D eigenvalue weighted by molar-refractivity contribution is 5.79. The van der Waals surface area contributed by atoms with E-state index in [4.69, 9.17) is 8.83 Å². The van der Waals surface area contributed by atoms with Crippen LogP contribution in [0.5, 0.6) is 0 Å². The van der Waals surface area contributed by atoms with Gasteiger partial charge in [-0.1, -0.05) is 13.8 Å². The van der Waals surface area contributed by atoms with Crippen molar-refractivity contribution in [2.24, 2.45) is 5.41 Å². The summed E-state index contributed by atoms with van der Waals surface area (Å²) in [4.78, 5) is 28.0. The quantitative estimate of drug-likeness (QED) is 0.737. The molecule has 0 spiro atoms. The zero-order valence-electron chi connectivity index (χ0n) is 15.3. The largest absolute Gasteiger partial charge is 0.472 e. The smallest absolute Gasteiger partial charge is 0.226 e. The number of carbonyl (C=O) groups excluding carboxylic acids is 2. The molecule has 0 saturated heterocycles. The van der Waals surface area contributed by atoms with E-state index < -0.39 is 0 Å². The number of nitrogens with zero attached hydrogens (tertiary/aromatic N) is 2. The Bertz CT molecular complexity index is 616. The Kier molecular flexibility index (Phi) is 6.07. The Hall–Kier alpha value is -2.50. The maximum absolute atomic E-state index is 12.3. The average molecular weight is 346 g/mol. The molecule has 2 rings (SSSR count). The molecule has 2 aromatic heterocycles. The Labute approximate surface area is 148 Å². The molecule has 0 aliphatic heterocycles. The predicted molar refractivity (Wildman–Crippen MR) is 93.9 cm³/mol. The SMILES string of the molecule is CN(CC(C)(C)CN(C)C(=O)Cc1ccoc1)C(=O)Cc1ccoc1. The molecule has 2 amide bonds. The zero-order valence-corrected chi connectivity index (χ0v) is 15.3. The van der Waals surface area contributed by atoms with E-state index in [0.717, 1.165) is 11.1 Å². The van der Waals surface area contributed by atoms with Gasteiger partial charge >= 0.3 is 0 Å². The average Bonchev–Trinajstić information content (AvgIpc) is 3.19. The molecule has 0 saturated carbocycles. The van der Waals surface area contributed by atoms with Gasteiger partial charge < -0.3 is 18.6 Å². The van der Waals surface area contributed by atoms with Crippen LogP contribution in [0.15, 0.2) is 46.0 Å². The number of furan rings is 2. The van der Waals surface area contributed by atoms with Gasteiger partial charge in [-0.15, -0.1) is 0 Å². The van der Waals surface area contributed by atoms with E-state index in [9.17, 15) is 9.59 Å². The molecule has 6 nitrogen and oxygen atoms in total. The minimum absolute atomic E-state index is 0.0295. The second-order valence-electron chi connectivity index (χ2n) is 7.28. The lowest BCUT2D eigenvalue weighted by Crippen LogP contribution is -2.44. The van der Waals surface area contributed by atoms with E-state index in [0.29, 0.717) is 25.9 Å². The monoisotopic (exact) mass is 346 g/mol. The summed E-state index contributed by atoms with van der Waals surface area (Å²) in [5.41, 5.74) is 1.51. The van der Waals surface area contributed by atoms with E-state index >= 15 is 0 Å². The van der Waals surface area contributed by atoms with Crippen molar-refractivity contribution in [1.82, 2.24) is 9.80 Å². The second kappa shape index (κ2) is 8.05. The predicted octanol–water partition coefficient (Wildman–Crippen LogP) is 2.60. The summed E-state index contributed by atoms with van der Waals surface area (Å²) in [7, 11) is 3.58. The number of rotatable bonds is 8. The van der Waals surface area contributed by atoms with Crippen LogP contribution in [-0.4, -0.2) is 48.8 Å². The van der Waals surface area contributed by atoms with Crippen molar-refractivity contribution in [1.29, 1.82) is 0 Å². The molecule has 136 valence electrons. The highest BCUT2D eigenvalue weighted by Gasteiger charge is 2.26. The summed E-state index contributed by atoms with van der Waals surface area (Å²) >= 11 is 0. The first-order valence-corrected chi connectivity index (χ1v) is 8.27. The van der Waals surface area contributed by atoms with Crippen molar-refractivity contribution in [2.75, 3.05) is 27.2 Å². The van der Waals surface area contributed by atoms with E-state index in [1.54, 1.807) is 61.1 Å². The van der Waals surface area contributed by atoms with Crippen LogP contribution in [0.25, 0.3) is 0 Å². The van der Waals surface area contributed by atoms with Crippen LogP contribution >= 0.6 is 0 Å². The van der Waals surface area contributed by atoms with Crippen molar-refractivity contribution in [3.63, 3.8) is 0 Å². The molecule has 0 aliphatic rings. The Morgan fingerprint density at radius 3 is 1.60 bits per heavy atom. The van der Waals surface area contributed by atoms with E-state index in [1.165, 1.54) is 0 Å². The maximum atomic E-state index is 12.3. The van der Waals surface area contributed by atoms with Crippen molar-refractivity contribution in [3.8, 4) is 0 Å². The number of likely N-dealkylation sites (N-methyl/N-ethyl adjacent to an activating group) is 2. The normalized spacial score (nSPS) is 11.4. The van der Waals surface area contributed by atoms with Crippen molar-refractivity contribution in [2.45, 2.75) is 26.7 Å². The molecule has 2 aromatic rings. The molecule has 25 heavy (non-hydrogen) atoms. The third kappa shape index (κ3) is 5.81. The van der Waals surface area contributed by atoms with Gasteiger partial charge in [0.15, 0.2) is 0 Å². The molecular formula is C19H26N2O4. The summed E-state index contributed by atoms with van der Waals surface area (Å²) in [6.45, 7) is 5.23. The summed E-state index contributed by atoms with van der Waals surface area (Å²) in [5.74, 6) is 0.0590. The molecule has 0 atom stereocenters. The highest BCUT2D eigenvalue weighted by atomic mass is 16.3. The number of hydrogen-bond donors (Lipinski definition) is 0. The number of amides is 2. The Morgan fingerprint density at radius 1 is 0.880 bits per heavy atom. The lowest BCUT2D eigenvalue weighted by atomic mass is 9.91. The molecule has 0 N–H and O–H groups in total. The minimum Gasteiger partial charge on any atom is -0.472 e. The lowest BCUT2D eigenvalue weighted by Gasteiger charge is -2.34. The first-order valence-electron chi connectivity index (χ1n) is 8.27. The summed E-state index contributed by atoms with van der Waals surface area (Å²) in [5, 5.41) is 0. The summed E-state index contributed by atoms with van der Waals surface area (Å²) in [6.07, 6.45) is 6.93. The molecule has 0 bridgehead atoms. The first kappa shape index (κ1) is 18.8. The maximum Gasteiger partial charge on any atom is 0.226 e. The van der Waals surface area contributed by atoms with Crippen LogP contribution in [0.2, 0.25) is 0 Å². The molecule has 6 heteroatoms. The molecule has 0 unspecified atom stereocenters. The van der Waals surface area contributed by atoms with Gasteiger partial charge in [0.1, 0.15) is 0 Å². The van der Waals surface area contributed by atoms with Crippen LogP contribution in [0.1, 0.15) is 25.0 Å². The molecule has 0 radical (unpaired) electrons. The van der Waals surface area contributed by atoms with Gasteiger partial charge in [0.05, 0.1) is 37.9 Å². The van der Waals surface area contributed by atoms with Gasteiger partial charge in [-0.05, 0) is 28.7 Å². The van der Waals surface area contributed by atoms with Crippen LogP contribution in [-0.2, 0) is 22.4 Å². The van der Waals surface area contributed by atoms with E-state index in [-0.39, 0.29) is 17.2 Å². The third-order valence-corrected chi connectivity index (χ3v) is 4.05. The first-order chi connectivity index (χ1) is 11.8. The van der Waals surface area contributed by atoms with Gasteiger partial charge in [0, 0.05) is 27.2 Å². The number of carbonyl (C=O) groups is 2. The van der Waals surface area contributed by atoms with Gasteiger partial charge in [-0.3, -0.25) is 9.59 Å². The molecule has 0 fully saturated rings. The summed E-state index contributed by atoms with van der Waals surface area (Å²) in [6, 6.07) is 3.58. The van der Waals surface area contributed by atoms with Crippen LogP contribution in [0.4, 0.5) is 0 Å². The van der Waals surface area contributed by atoms with Crippen molar-refractivity contribution < 1.29 is 18.4 Å². The van der Waals surface area contributed by atoms with Crippen molar-refractivity contribution in [3.05, 3.63) is 48.3 Å². The molecule has 2 heterocycles. The van der Waals surface area contributed by atoms with Crippen LogP contribution < -0.4 is 0 Å². The topological polar surface area (TPSA) is 66.9 Å². The van der Waals surface area contributed by atoms with Gasteiger partial charge in [0.25, 0.3) is 0 Å². The highest BCUT2D eigenvalue weighted by Crippen LogP contribution is 2.19. The third-order valence-electron chi connectivity index (χ3n) is 4.05. The second-order valence-corrected chi connectivity index (χ2v) is 7.28. The fourth-order valence-corrected chi connectivity index (χ4v) is 2.92.